The van der Waals surface area contributed by atoms with Gasteiger partial charge in [-0.15, -0.1) is 0 Å². The Labute approximate surface area is 107 Å². The Balaban J connectivity index is 1.91. The second kappa shape index (κ2) is 4.48. The Morgan fingerprint density at radius 3 is 2.94 bits per heavy atom. The Morgan fingerprint density at radius 2 is 2.17 bits per heavy atom. The third kappa shape index (κ3) is 2.26. The molecule has 0 spiro atoms. The van der Waals surface area contributed by atoms with E-state index in [4.69, 9.17) is 5.73 Å². The van der Waals surface area contributed by atoms with Gasteiger partial charge in [-0.1, -0.05) is 31.0 Å². The molecule has 0 bridgehead atoms. The molecule has 1 atom stereocenters. The van der Waals surface area contributed by atoms with Crippen LogP contribution in [0.15, 0.2) is 30.5 Å². The van der Waals surface area contributed by atoms with E-state index in [2.05, 4.69) is 23.3 Å². The fourth-order valence-corrected chi connectivity index (χ4v) is 2.48. The molecule has 1 aromatic carbocycles. The van der Waals surface area contributed by atoms with Crippen molar-refractivity contribution < 1.29 is 0 Å². The number of nitrogens with one attached hydrogen (secondary N) is 1. The van der Waals surface area contributed by atoms with E-state index >= 15 is 0 Å². The second-order valence-corrected chi connectivity index (χ2v) is 5.33. The number of hydrogen-bond acceptors (Lipinski definition) is 3. The van der Waals surface area contributed by atoms with E-state index in [-0.39, 0.29) is 0 Å². The van der Waals surface area contributed by atoms with Gasteiger partial charge in [-0.3, -0.25) is 4.98 Å². The number of hydrogen-bond donors (Lipinski definition) is 2. The van der Waals surface area contributed by atoms with E-state index < -0.39 is 0 Å². The number of para-hydroxylation sites is 1. The fourth-order valence-electron chi connectivity index (χ4n) is 2.48. The minimum atomic E-state index is 0.464. The number of aromatic nitrogens is 1. The lowest BCUT2D eigenvalue weighted by molar-refractivity contribution is 0.643. The molecule has 94 valence electrons. The summed E-state index contributed by atoms with van der Waals surface area (Å²) >= 11 is 0. The van der Waals surface area contributed by atoms with Crippen molar-refractivity contribution in [2.75, 3.05) is 11.1 Å². The maximum absolute atomic E-state index is 6.06. The van der Waals surface area contributed by atoms with Gasteiger partial charge in [0.1, 0.15) is 0 Å². The van der Waals surface area contributed by atoms with Gasteiger partial charge in [0.2, 0.25) is 0 Å². The van der Waals surface area contributed by atoms with Crippen LogP contribution >= 0.6 is 0 Å². The van der Waals surface area contributed by atoms with Crippen LogP contribution in [0.5, 0.6) is 0 Å². The van der Waals surface area contributed by atoms with E-state index in [1.807, 2.05) is 18.2 Å². The normalized spacial score (nSPS) is 16.7. The van der Waals surface area contributed by atoms with Gasteiger partial charge in [0.05, 0.1) is 23.1 Å². The molecule has 3 heteroatoms. The van der Waals surface area contributed by atoms with Gasteiger partial charge in [-0.2, -0.15) is 0 Å². The van der Waals surface area contributed by atoms with Crippen LogP contribution in [0.3, 0.4) is 0 Å². The first-order valence-electron chi connectivity index (χ1n) is 6.64. The minimum absolute atomic E-state index is 0.464. The molecule has 0 aliphatic heterocycles. The lowest BCUT2D eigenvalue weighted by Gasteiger charge is -2.18. The Kier molecular flexibility index (Phi) is 2.82. The maximum Gasteiger partial charge on any atom is 0.0743 e. The van der Waals surface area contributed by atoms with E-state index in [1.54, 1.807) is 6.20 Å². The number of nitrogens with two attached hydrogens (primary N) is 1. The van der Waals surface area contributed by atoms with Crippen molar-refractivity contribution in [2.45, 2.75) is 32.2 Å². The molecule has 3 rings (SSSR count). The molecular weight excluding hydrogens is 222 g/mol. The largest absolute Gasteiger partial charge is 0.396 e. The minimum Gasteiger partial charge on any atom is -0.396 e. The van der Waals surface area contributed by atoms with E-state index in [0.29, 0.717) is 6.04 Å². The number of fused-ring (bicyclic) bond motifs is 1. The molecule has 0 saturated heterocycles. The van der Waals surface area contributed by atoms with Crippen LogP contribution in [0.4, 0.5) is 11.4 Å². The van der Waals surface area contributed by atoms with Gasteiger partial charge in [-0.25, -0.2) is 0 Å². The van der Waals surface area contributed by atoms with Crippen molar-refractivity contribution in [1.82, 2.24) is 4.98 Å². The van der Waals surface area contributed by atoms with Crippen LogP contribution < -0.4 is 11.1 Å². The van der Waals surface area contributed by atoms with Crippen LogP contribution in [-0.4, -0.2) is 11.0 Å². The van der Waals surface area contributed by atoms with Crippen LogP contribution in [0.1, 0.15) is 26.2 Å². The third-order valence-corrected chi connectivity index (χ3v) is 3.58. The van der Waals surface area contributed by atoms with E-state index in [0.717, 1.165) is 28.2 Å². The quantitative estimate of drug-likeness (QED) is 0.862. The van der Waals surface area contributed by atoms with Crippen LogP contribution in [-0.2, 0) is 0 Å². The van der Waals surface area contributed by atoms with Gasteiger partial charge < -0.3 is 11.1 Å². The highest BCUT2D eigenvalue weighted by Gasteiger charge is 2.23. The number of rotatable bonds is 4. The predicted octanol–water partition coefficient (Wildman–Crippen LogP) is 3.42. The number of nitrogen functional groups attached to an aromatic ring is 1. The average molecular weight is 241 g/mol. The topological polar surface area (TPSA) is 50.9 Å². The highest BCUT2D eigenvalue weighted by molar-refractivity contribution is 5.96. The monoisotopic (exact) mass is 241 g/mol. The molecule has 1 heterocycles. The van der Waals surface area contributed by atoms with Crippen molar-refractivity contribution in [3.8, 4) is 0 Å². The first-order chi connectivity index (χ1) is 8.74. The number of anilines is 2. The molecule has 1 aliphatic rings. The highest BCUT2D eigenvalue weighted by Crippen LogP contribution is 2.35. The van der Waals surface area contributed by atoms with Gasteiger partial charge in [-0.05, 0) is 25.3 Å². The van der Waals surface area contributed by atoms with Gasteiger partial charge in [0.25, 0.3) is 0 Å². The first kappa shape index (κ1) is 11.3. The third-order valence-electron chi connectivity index (χ3n) is 3.58. The van der Waals surface area contributed by atoms with Gasteiger partial charge in [0.15, 0.2) is 0 Å². The lowest BCUT2D eigenvalue weighted by atomic mass is 10.1. The van der Waals surface area contributed by atoms with E-state index in [9.17, 15) is 0 Å². The fraction of sp³-hybridized carbons (Fsp3) is 0.400. The van der Waals surface area contributed by atoms with E-state index in [1.165, 1.54) is 19.3 Å². The highest BCUT2D eigenvalue weighted by atomic mass is 14.9. The second-order valence-electron chi connectivity index (χ2n) is 5.33. The lowest BCUT2D eigenvalue weighted by Crippen LogP contribution is -2.17. The zero-order valence-electron chi connectivity index (χ0n) is 10.7. The molecule has 1 fully saturated rings. The van der Waals surface area contributed by atoms with Crippen molar-refractivity contribution in [2.24, 2.45) is 5.92 Å². The zero-order chi connectivity index (χ0) is 12.5. The summed E-state index contributed by atoms with van der Waals surface area (Å²) in [5, 5.41) is 4.67. The van der Waals surface area contributed by atoms with Gasteiger partial charge in [0, 0.05) is 11.4 Å². The molecular formula is C15H19N3. The molecule has 2 aromatic rings. The standard InChI is InChI=1S/C15H19N3/c1-10(8-11-6-7-11)18-15-12-4-2-3-5-14(12)17-9-13(15)16/h2-5,9-11H,6-8,16H2,1H3,(H,17,18). The molecule has 1 saturated carbocycles. The summed E-state index contributed by atoms with van der Waals surface area (Å²) in [4.78, 5) is 4.36. The van der Waals surface area contributed by atoms with Crippen LogP contribution in [0, 0.1) is 5.92 Å². The Morgan fingerprint density at radius 1 is 1.39 bits per heavy atom. The number of benzene rings is 1. The zero-order valence-corrected chi connectivity index (χ0v) is 10.7. The summed E-state index contributed by atoms with van der Waals surface area (Å²) in [6, 6.07) is 8.59. The molecule has 3 nitrogen and oxygen atoms in total. The summed E-state index contributed by atoms with van der Waals surface area (Å²) in [5.74, 6) is 0.918. The molecule has 18 heavy (non-hydrogen) atoms. The summed E-state index contributed by atoms with van der Waals surface area (Å²) in [6.45, 7) is 2.23. The van der Waals surface area contributed by atoms with Crippen molar-refractivity contribution in [3.05, 3.63) is 30.5 Å². The smallest absolute Gasteiger partial charge is 0.0743 e. The summed E-state index contributed by atoms with van der Waals surface area (Å²) in [5.41, 5.74) is 8.82. The SMILES string of the molecule is CC(CC1CC1)Nc1c(N)cnc2ccccc12. The van der Waals surface area contributed by atoms with Gasteiger partial charge >= 0.3 is 0 Å². The molecule has 0 amide bonds. The van der Waals surface area contributed by atoms with Crippen LogP contribution in [0.2, 0.25) is 0 Å². The van der Waals surface area contributed by atoms with Crippen molar-refractivity contribution in [3.63, 3.8) is 0 Å². The van der Waals surface area contributed by atoms with Crippen molar-refractivity contribution in [1.29, 1.82) is 0 Å². The average Bonchev–Trinajstić information content (AvgIpc) is 3.17. The molecule has 0 radical (unpaired) electrons. The molecule has 1 aromatic heterocycles. The van der Waals surface area contributed by atoms with Crippen LogP contribution in [0.25, 0.3) is 10.9 Å². The molecule has 1 unspecified atom stereocenters. The molecule has 1 aliphatic carbocycles. The maximum atomic E-state index is 6.06. The molecule has 3 N–H and O–H groups in total. The Hall–Kier alpha value is -1.77. The Bertz CT molecular complexity index is 561. The summed E-state index contributed by atoms with van der Waals surface area (Å²) in [7, 11) is 0. The van der Waals surface area contributed by atoms with Crippen molar-refractivity contribution >= 4 is 22.3 Å². The number of nitrogens with zero attached hydrogens (tertiary/aromatic N) is 1. The predicted molar refractivity (Wildman–Crippen MR) is 76.6 cm³/mol. The number of pyridine rings is 1. The summed E-state index contributed by atoms with van der Waals surface area (Å²) in [6.07, 6.45) is 5.75. The first-order valence-corrected chi connectivity index (χ1v) is 6.64. The summed E-state index contributed by atoms with van der Waals surface area (Å²) < 4.78 is 0.